The van der Waals surface area contributed by atoms with Gasteiger partial charge in [0.05, 0.1) is 18.3 Å². The van der Waals surface area contributed by atoms with Crippen LogP contribution in [0.2, 0.25) is 5.02 Å². The predicted molar refractivity (Wildman–Crippen MR) is 81.2 cm³/mol. The highest BCUT2D eigenvalue weighted by molar-refractivity contribution is 7.80. The van der Waals surface area contributed by atoms with Gasteiger partial charge in [0.1, 0.15) is 0 Å². The first-order valence-corrected chi connectivity index (χ1v) is 6.11. The van der Waals surface area contributed by atoms with Gasteiger partial charge in [0.15, 0.2) is 16.6 Å². The van der Waals surface area contributed by atoms with Crippen molar-refractivity contribution >= 4 is 35.1 Å². The molecule has 0 atom stereocenters. The largest absolute Gasteiger partial charge is 0.503 e. The van der Waals surface area contributed by atoms with Gasteiger partial charge in [-0.3, -0.25) is 5.43 Å². The van der Waals surface area contributed by atoms with Crippen molar-refractivity contribution in [2.75, 3.05) is 13.7 Å². The van der Waals surface area contributed by atoms with E-state index >= 15 is 0 Å². The van der Waals surface area contributed by atoms with Gasteiger partial charge < -0.3 is 15.2 Å². The van der Waals surface area contributed by atoms with Gasteiger partial charge in [0.25, 0.3) is 0 Å². The van der Waals surface area contributed by atoms with Crippen molar-refractivity contribution < 1.29 is 9.84 Å². The van der Waals surface area contributed by atoms with Crippen molar-refractivity contribution in [2.24, 2.45) is 5.10 Å². The first-order valence-electron chi connectivity index (χ1n) is 5.32. The molecule has 1 aromatic carbocycles. The average molecular weight is 300 g/mol. The second-order valence-electron chi connectivity index (χ2n) is 3.42. The smallest absolute Gasteiger partial charge is 0.187 e. The molecule has 0 aliphatic heterocycles. The van der Waals surface area contributed by atoms with Crippen LogP contribution in [-0.4, -0.2) is 30.1 Å². The number of nitrogens with zero attached hydrogens (tertiary/aromatic N) is 1. The molecule has 0 amide bonds. The van der Waals surface area contributed by atoms with Crippen molar-refractivity contribution in [3.63, 3.8) is 0 Å². The zero-order valence-electron chi connectivity index (χ0n) is 10.3. The lowest BCUT2D eigenvalue weighted by atomic mass is 10.2. The van der Waals surface area contributed by atoms with Gasteiger partial charge in [0.2, 0.25) is 0 Å². The number of methoxy groups -OCH3 is 1. The molecule has 0 aliphatic carbocycles. The number of thiocarbonyl (C=S) groups is 1. The Morgan fingerprint density at radius 2 is 2.37 bits per heavy atom. The summed E-state index contributed by atoms with van der Waals surface area (Å²) < 4.78 is 4.98. The second kappa shape index (κ2) is 7.60. The summed E-state index contributed by atoms with van der Waals surface area (Å²) in [5.41, 5.74) is 3.30. The fourth-order valence-electron chi connectivity index (χ4n) is 1.19. The number of hydrogen-bond donors (Lipinski definition) is 3. The summed E-state index contributed by atoms with van der Waals surface area (Å²) in [5.74, 6) is 0.179. The molecule has 3 N–H and O–H groups in total. The van der Waals surface area contributed by atoms with Gasteiger partial charge in [-0.2, -0.15) is 5.10 Å². The Morgan fingerprint density at radius 1 is 1.63 bits per heavy atom. The molecule has 19 heavy (non-hydrogen) atoms. The lowest BCUT2D eigenvalue weighted by molar-refractivity contribution is 0.373. The number of hydrazone groups is 1. The standard InChI is InChI=1S/C12H14ClN3O2S/c1-3-4-14-12(19)16-15-7-8-5-9(13)11(17)10(6-8)18-2/h3,5-7,17H,1,4H2,2H3,(H2,14,16,19)/b15-7+. The number of ether oxygens (including phenoxy) is 1. The fraction of sp³-hybridized carbons (Fsp3) is 0.167. The fourth-order valence-corrected chi connectivity index (χ4v) is 1.55. The molecule has 102 valence electrons. The lowest BCUT2D eigenvalue weighted by Gasteiger charge is -2.06. The second-order valence-corrected chi connectivity index (χ2v) is 4.24. The molecule has 0 aromatic heterocycles. The van der Waals surface area contributed by atoms with E-state index in [2.05, 4.69) is 22.4 Å². The van der Waals surface area contributed by atoms with E-state index in [1.165, 1.54) is 13.3 Å². The summed E-state index contributed by atoms with van der Waals surface area (Å²) in [6.45, 7) is 4.11. The first-order chi connectivity index (χ1) is 9.08. The van der Waals surface area contributed by atoms with E-state index in [1.54, 1.807) is 18.2 Å². The molecule has 0 radical (unpaired) electrons. The van der Waals surface area contributed by atoms with E-state index in [4.69, 9.17) is 28.6 Å². The highest BCUT2D eigenvalue weighted by atomic mass is 35.5. The van der Waals surface area contributed by atoms with Crippen molar-refractivity contribution in [3.8, 4) is 11.5 Å². The van der Waals surface area contributed by atoms with Crippen LogP contribution in [-0.2, 0) is 0 Å². The van der Waals surface area contributed by atoms with Gasteiger partial charge in [-0.05, 0) is 29.9 Å². The Bertz CT molecular complexity index is 506. The van der Waals surface area contributed by atoms with Crippen LogP contribution in [0, 0.1) is 0 Å². The molecular weight excluding hydrogens is 286 g/mol. The maximum Gasteiger partial charge on any atom is 0.187 e. The Hall–Kier alpha value is -1.79. The molecule has 0 spiro atoms. The van der Waals surface area contributed by atoms with Gasteiger partial charge in [-0.1, -0.05) is 17.7 Å². The van der Waals surface area contributed by atoms with Crippen LogP contribution >= 0.6 is 23.8 Å². The Kier molecular flexibility index (Phi) is 6.11. The van der Waals surface area contributed by atoms with Crippen molar-refractivity contribution in [3.05, 3.63) is 35.4 Å². The van der Waals surface area contributed by atoms with Crippen LogP contribution in [0.1, 0.15) is 5.56 Å². The van der Waals surface area contributed by atoms with E-state index < -0.39 is 0 Å². The number of phenols is 1. The third-order valence-electron chi connectivity index (χ3n) is 2.06. The number of halogens is 1. The summed E-state index contributed by atoms with van der Waals surface area (Å²) in [6.07, 6.45) is 3.19. The average Bonchev–Trinajstić information content (AvgIpc) is 2.40. The highest BCUT2D eigenvalue weighted by Gasteiger charge is 2.07. The number of rotatable bonds is 5. The molecule has 7 heteroatoms. The number of benzene rings is 1. The summed E-state index contributed by atoms with van der Waals surface area (Å²) in [7, 11) is 1.44. The molecule has 5 nitrogen and oxygen atoms in total. The van der Waals surface area contributed by atoms with E-state index in [1.807, 2.05) is 0 Å². The minimum Gasteiger partial charge on any atom is -0.503 e. The summed E-state index contributed by atoms with van der Waals surface area (Å²) in [4.78, 5) is 0. The zero-order chi connectivity index (χ0) is 14.3. The number of hydrogen-bond acceptors (Lipinski definition) is 4. The van der Waals surface area contributed by atoms with Crippen LogP contribution in [0.25, 0.3) is 0 Å². The van der Waals surface area contributed by atoms with Gasteiger partial charge >= 0.3 is 0 Å². The minimum atomic E-state index is -0.0996. The molecule has 0 fully saturated rings. The molecule has 0 bridgehead atoms. The lowest BCUT2D eigenvalue weighted by Crippen LogP contribution is -2.31. The first kappa shape index (κ1) is 15.3. The van der Waals surface area contributed by atoms with Crippen LogP contribution < -0.4 is 15.5 Å². The molecular formula is C12H14ClN3O2S. The molecule has 0 aliphatic rings. The maximum atomic E-state index is 9.58. The number of nitrogens with one attached hydrogen (secondary N) is 2. The van der Waals surface area contributed by atoms with Crippen LogP contribution in [0.15, 0.2) is 29.9 Å². The highest BCUT2D eigenvalue weighted by Crippen LogP contribution is 2.34. The minimum absolute atomic E-state index is 0.0996. The van der Waals surface area contributed by atoms with E-state index in [0.29, 0.717) is 17.2 Å². The Morgan fingerprint density at radius 3 is 3.00 bits per heavy atom. The molecule has 1 rings (SSSR count). The van der Waals surface area contributed by atoms with Crippen LogP contribution in [0.5, 0.6) is 11.5 Å². The zero-order valence-corrected chi connectivity index (χ0v) is 11.9. The SMILES string of the molecule is C=CCNC(=S)N/N=C/c1cc(Cl)c(O)c(OC)c1. The molecule has 0 saturated heterocycles. The predicted octanol–water partition coefficient (Wildman–Crippen LogP) is 2.04. The topological polar surface area (TPSA) is 65.9 Å². The van der Waals surface area contributed by atoms with Gasteiger partial charge in [0, 0.05) is 6.54 Å². The summed E-state index contributed by atoms with van der Waals surface area (Å²) in [6, 6.07) is 3.16. The van der Waals surface area contributed by atoms with Gasteiger partial charge in [-0.25, -0.2) is 0 Å². The van der Waals surface area contributed by atoms with Crippen molar-refractivity contribution in [1.29, 1.82) is 0 Å². The number of aromatic hydroxyl groups is 1. The quantitative estimate of drug-likeness (QED) is 0.336. The van der Waals surface area contributed by atoms with Gasteiger partial charge in [-0.15, -0.1) is 6.58 Å². The Labute approximate surface area is 121 Å². The van der Waals surface area contributed by atoms with Crippen LogP contribution in [0.3, 0.4) is 0 Å². The molecule has 0 heterocycles. The third kappa shape index (κ3) is 4.76. The van der Waals surface area contributed by atoms with Crippen molar-refractivity contribution in [2.45, 2.75) is 0 Å². The number of phenolic OH excluding ortho intramolecular Hbond substituents is 1. The third-order valence-corrected chi connectivity index (χ3v) is 2.58. The van der Waals surface area contributed by atoms with E-state index in [9.17, 15) is 5.11 Å². The summed E-state index contributed by atoms with van der Waals surface area (Å²) in [5, 5.41) is 16.9. The van der Waals surface area contributed by atoms with Crippen molar-refractivity contribution in [1.82, 2.24) is 10.7 Å². The monoisotopic (exact) mass is 299 g/mol. The molecule has 0 unspecified atom stereocenters. The van der Waals surface area contributed by atoms with E-state index in [0.717, 1.165) is 0 Å². The van der Waals surface area contributed by atoms with E-state index in [-0.39, 0.29) is 16.5 Å². The van der Waals surface area contributed by atoms with Crippen LogP contribution in [0.4, 0.5) is 0 Å². The maximum absolute atomic E-state index is 9.58. The molecule has 1 aromatic rings. The Balaban J connectivity index is 2.69. The normalized spacial score (nSPS) is 10.2. The summed E-state index contributed by atoms with van der Waals surface area (Å²) >= 11 is 10.8. The molecule has 0 saturated carbocycles.